The third-order valence-corrected chi connectivity index (χ3v) is 1.90. The van der Waals surface area contributed by atoms with Crippen LogP contribution >= 0.6 is 0 Å². The molecule has 5 nitrogen and oxygen atoms in total. The number of anilines is 1. The predicted octanol–water partition coefficient (Wildman–Crippen LogP) is 0.667. The van der Waals surface area contributed by atoms with Crippen LogP contribution in [0.15, 0.2) is 24.3 Å². The number of hydrogen-bond acceptors (Lipinski definition) is 4. The number of hydrogen-bond donors (Lipinski definition) is 1. The van der Waals surface area contributed by atoms with E-state index in [0.29, 0.717) is 11.4 Å². The number of para-hydroxylation sites is 2. The fraction of sp³-hybridized carbons (Fsp3) is 0.300. The minimum atomic E-state index is -0.277. The summed E-state index contributed by atoms with van der Waals surface area (Å²) in [7, 11) is 2.93. The maximum atomic E-state index is 11.3. The molecule has 0 radical (unpaired) electrons. The van der Waals surface area contributed by atoms with Gasteiger partial charge in [-0.1, -0.05) is 12.1 Å². The standard InChI is InChI=1S/C10H14N2O3/c1-12(14-2)10(13)7-15-9-6-4-3-5-8(9)11/h3-6H,7,11H2,1-2H3. The van der Waals surface area contributed by atoms with Crippen molar-refractivity contribution in [2.75, 3.05) is 26.5 Å². The van der Waals surface area contributed by atoms with Gasteiger partial charge in [0.2, 0.25) is 0 Å². The van der Waals surface area contributed by atoms with Crippen LogP contribution in [0.4, 0.5) is 5.69 Å². The third-order valence-electron chi connectivity index (χ3n) is 1.90. The van der Waals surface area contributed by atoms with Gasteiger partial charge < -0.3 is 10.5 Å². The van der Waals surface area contributed by atoms with Gasteiger partial charge >= 0.3 is 0 Å². The lowest BCUT2D eigenvalue weighted by Crippen LogP contribution is -2.30. The second-order valence-corrected chi connectivity index (χ2v) is 2.90. The molecule has 0 fully saturated rings. The van der Waals surface area contributed by atoms with Crippen molar-refractivity contribution in [2.24, 2.45) is 0 Å². The van der Waals surface area contributed by atoms with Gasteiger partial charge in [0.05, 0.1) is 12.8 Å². The number of nitrogen functional groups attached to an aromatic ring is 1. The molecule has 0 atom stereocenters. The Kier molecular flexibility index (Phi) is 3.93. The molecule has 1 amide bonds. The molecule has 2 N–H and O–H groups in total. The largest absolute Gasteiger partial charge is 0.482 e. The molecule has 82 valence electrons. The van der Waals surface area contributed by atoms with Crippen molar-refractivity contribution in [3.8, 4) is 5.75 Å². The highest BCUT2D eigenvalue weighted by molar-refractivity contribution is 5.76. The monoisotopic (exact) mass is 210 g/mol. The van der Waals surface area contributed by atoms with E-state index in [1.165, 1.54) is 14.2 Å². The highest BCUT2D eigenvalue weighted by Gasteiger charge is 2.09. The lowest BCUT2D eigenvalue weighted by molar-refractivity contribution is -0.170. The molecule has 0 aliphatic carbocycles. The number of nitrogens with zero attached hydrogens (tertiary/aromatic N) is 1. The molecule has 15 heavy (non-hydrogen) atoms. The van der Waals surface area contributed by atoms with E-state index in [0.717, 1.165) is 5.06 Å². The molecule has 1 rings (SSSR count). The van der Waals surface area contributed by atoms with Gasteiger partial charge in [-0.05, 0) is 12.1 Å². The SMILES string of the molecule is CON(C)C(=O)COc1ccccc1N. The van der Waals surface area contributed by atoms with Crippen LogP contribution in [-0.4, -0.2) is 31.7 Å². The molecule has 0 heterocycles. The zero-order valence-corrected chi connectivity index (χ0v) is 8.77. The number of nitrogens with two attached hydrogens (primary N) is 1. The highest BCUT2D eigenvalue weighted by atomic mass is 16.7. The van der Waals surface area contributed by atoms with Crippen molar-refractivity contribution in [2.45, 2.75) is 0 Å². The quantitative estimate of drug-likeness (QED) is 0.586. The van der Waals surface area contributed by atoms with Crippen LogP contribution in [-0.2, 0) is 9.63 Å². The Morgan fingerprint density at radius 1 is 1.47 bits per heavy atom. The predicted molar refractivity (Wildman–Crippen MR) is 56.1 cm³/mol. The molecule has 0 spiro atoms. The van der Waals surface area contributed by atoms with Gasteiger partial charge in [-0.3, -0.25) is 9.63 Å². The summed E-state index contributed by atoms with van der Waals surface area (Å²) in [5.74, 6) is 0.219. The molecule has 0 bridgehead atoms. The average Bonchev–Trinajstić information content (AvgIpc) is 2.26. The highest BCUT2D eigenvalue weighted by Crippen LogP contribution is 2.19. The Morgan fingerprint density at radius 2 is 2.13 bits per heavy atom. The van der Waals surface area contributed by atoms with Crippen LogP contribution < -0.4 is 10.5 Å². The molecular formula is C10H14N2O3. The normalized spacial score (nSPS) is 9.73. The third kappa shape index (κ3) is 3.14. The van der Waals surface area contributed by atoms with Gasteiger partial charge in [0.15, 0.2) is 6.61 Å². The summed E-state index contributed by atoms with van der Waals surface area (Å²) in [5.41, 5.74) is 6.14. The fourth-order valence-corrected chi connectivity index (χ4v) is 0.944. The van der Waals surface area contributed by atoms with Crippen molar-refractivity contribution in [1.82, 2.24) is 5.06 Å². The number of ether oxygens (including phenoxy) is 1. The second kappa shape index (κ2) is 5.21. The summed E-state index contributed by atoms with van der Waals surface area (Å²) in [6.07, 6.45) is 0. The Bertz CT molecular complexity index is 341. The van der Waals surface area contributed by atoms with E-state index in [9.17, 15) is 4.79 Å². The van der Waals surface area contributed by atoms with E-state index in [1.54, 1.807) is 24.3 Å². The second-order valence-electron chi connectivity index (χ2n) is 2.90. The van der Waals surface area contributed by atoms with E-state index in [2.05, 4.69) is 0 Å². The van der Waals surface area contributed by atoms with Crippen LogP contribution in [0.5, 0.6) is 5.75 Å². The first-order valence-electron chi connectivity index (χ1n) is 4.43. The topological polar surface area (TPSA) is 64.8 Å². The lowest BCUT2D eigenvalue weighted by Gasteiger charge is -2.14. The summed E-state index contributed by atoms with van der Waals surface area (Å²) in [6, 6.07) is 7.00. The van der Waals surface area contributed by atoms with Crippen molar-refractivity contribution in [3.63, 3.8) is 0 Å². The number of likely N-dealkylation sites (N-methyl/N-ethyl adjacent to an activating group) is 1. The molecule has 5 heteroatoms. The summed E-state index contributed by atoms with van der Waals surface area (Å²) >= 11 is 0. The van der Waals surface area contributed by atoms with E-state index in [-0.39, 0.29) is 12.5 Å². The molecule has 0 aromatic heterocycles. The van der Waals surface area contributed by atoms with Crippen LogP contribution in [0.1, 0.15) is 0 Å². The van der Waals surface area contributed by atoms with Gasteiger partial charge in [-0.2, -0.15) is 0 Å². The van der Waals surface area contributed by atoms with Gasteiger partial charge in [0, 0.05) is 7.05 Å². The minimum absolute atomic E-state index is 0.0987. The van der Waals surface area contributed by atoms with E-state index < -0.39 is 0 Å². The van der Waals surface area contributed by atoms with E-state index in [4.69, 9.17) is 15.3 Å². The number of rotatable bonds is 4. The van der Waals surface area contributed by atoms with Crippen LogP contribution in [0.3, 0.4) is 0 Å². The Hall–Kier alpha value is -1.75. The first-order valence-corrected chi connectivity index (χ1v) is 4.43. The molecule has 0 unspecified atom stereocenters. The van der Waals surface area contributed by atoms with E-state index >= 15 is 0 Å². The molecule has 1 aromatic carbocycles. The van der Waals surface area contributed by atoms with Gasteiger partial charge in [0.25, 0.3) is 5.91 Å². The first kappa shape index (κ1) is 11.3. The smallest absolute Gasteiger partial charge is 0.283 e. The fourth-order valence-electron chi connectivity index (χ4n) is 0.944. The number of hydroxylamine groups is 2. The lowest BCUT2D eigenvalue weighted by atomic mass is 10.3. The van der Waals surface area contributed by atoms with Gasteiger partial charge in [0.1, 0.15) is 5.75 Å². The average molecular weight is 210 g/mol. The van der Waals surface area contributed by atoms with Crippen molar-refractivity contribution >= 4 is 11.6 Å². The first-order chi connectivity index (χ1) is 7.15. The zero-order chi connectivity index (χ0) is 11.3. The number of amides is 1. The zero-order valence-electron chi connectivity index (χ0n) is 8.77. The molecule has 0 saturated heterocycles. The molecule has 1 aromatic rings. The van der Waals surface area contributed by atoms with E-state index in [1.807, 2.05) is 0 Å². The van der Waals surface area contributed by atoms with Crippen molar-refractivity contribution < 1.29 is 14.4 Å². The number of benzene rings is 1. The van der Waals surface area contributed by atoms with Crippen LogP contribution in [0.25, 0.3) is 0 Å². The summed E-state index contributed by atoms with van der Waals surface area (Å²) in [6.45, 7) is -0.0987. The van der Waals surface area contributed by atoms with Gasteiger partial charge in [-0.15, -0.1) is 0 Å². The van der Waals surface area contributed by atoms with Crippen molar-refractivity contribution in [3.05, 3.63) is 24.3 Å². The molecule has 0 aliphatic heterocycles. The molecular weight excluding hydrogens is 196 g/mol. The molecule has 0 aliphatic rings. The van der Waals surface area contributed by atoms with Crippen LogP contribution in [0, 0.1) is 0 Å². The summed E-state index contributed by atoms with van der Waals surface area (Å²) < 4.78 is 5.23. The Labute approximate surface area is 88.3 Å². The summed E-state index contributed by atoms with van der Waals surface area (Å²) in [4.78, 5) is 16.0. The maximum Gasteiger partial charge on any atom is 0.283 e. The minimum Gasteiger partial charge on any atom is -0.482 e. The Morgan fingerprint density at radius 3 is 2.73 bits per heavy atom. The number of carbonyl (C=O) groups is 1. The maximum absolute atomic E-state index is 11.3. The van der Waals surface area contributed by atoms with Crippen molar-refractivity contribution in [1.29, 1.82) is 0 Å². The van der Waals surface area contributed by atoms with Crippen LogP contribution in [0.2, 0.25) is 0 Å². The van der Waals surface area contributed by atoms with Gasteiger partial charge in [-0.25, -0.2) is 5.06 Å². The Balaban J connectivity index is 2.51. The molecule has 0 saturated carbocycles. The summed E-state index contributed by atoms with van der Waals surface area (Å²) in [5, 5.41) is 1.10. The number of carbonyl (C=O) groups excluding carboxylic acids is 1.